The number of nitrogens with one attached hydrogen (secondary N) is 1. The highest BCUT2D eigenvalue weighted by Gasteiger charge is 2.34. The monoisotopic (exact) mass is 345 g/mol. The van der Waals surface area contributed by atoms with E-state index in [1.54, 1.807) is 0 Å². The van der Waals surface area contributed by atoms with Gasteiger partial charge in [-0.3, -0.25) is 5.73 Å². The number of rotatable bonds is 1. The van der Waals surface area contributed by atoms with Crippen LogP contribution in [0.4, 0.5) is 5.69 Å². The fraction of sp³-hybridized carbons (Fsp3) is 0.333. The fourth-order valence-corrected chi connectivity index (χ4v) is 2.40. The molecule has 0 spiro atoms. The molecule has 1 aliphatic heterocycles. The van der Waals surface area contributed by atoms with E-state index in [4.69, 9.17) is 11.5 Å². The van der Waals surface area contributed by atoms with Crippen LogP contribution in [0.3, 0.4) is 0 Å². The van der Waals surface area contributed by atoms with Gasteiger partial charge < -0.3 is 18.1 Å². The molecule has 0 aliphatic carbocycles. The van der Waals surface area contributed by atoms with E-state index in [0.717, 1.165) is 10.2 Å². The zero-order valence-corrected chi connectivity index (χ0v) is 13.4. The second-order valence-electron chi connectivity index (χ2n) is 4.77. The van der Waals surface area contributed by atoms with Crippen molar-refractivity contribution in [2.24, 2.45) is 16.5 Å². The fourth-order valence-electron chi connectivity index (χ4n) is 2.03. The molecule has 7 heteroatoms. The van der Waals surface area contributed by atoms with Crippen molar-refractivity contribution in [2.45, 2.75) is 26.4 Å². The summed E-state index contributed by atoms with van der Waals surface area (Å²) >= 11 is 3.52. The molecule has 0 radical (unpaired) electrons. The van der Waals surface area contributed by atoms with Crippen molar-refractivity contribution in [2.75, 3.05) is 0 Å². The third kappa shape index (κ3) is 3.01. The Balaban J connectivity index is 0.00000180. The molecule has 104 valence electrons. The summed E-state index contributed by atoms with van der Waals surface area (Å²) in [6.45, 7) is 5.96. The Bertz CT molecular complexity index is 565. The van der Waals surface area contributed by atoms with Crippen LogP contribution in [0.5, 0.6) is 0 Å². The lowest BCUT2D eigenvalue weighted by molar-refractivity contribution is -0.527. The third-order valence-corrected chi connectivity index (χ3v) is 3.71. The normalized spacial score (nSPS) is 17.4. The van der Waals surface area contributed by atoms with Crippen LogP contribution in [0, 0.1) is 6.92 Å². The molecule has 0 saturated carbocycles. The van der Waals surface area contributed by atoms with Crippen LogP contribution in [0.2, 0.25) is 0 Å². The molecule has 1 heterocycles. The zero-order valence-electron chi connectivity index (χ0n) is 11.0. The lowest BCUT2D eigenvalue weighted by Crippen LogP contribution is -3.00. The van der Waals surface area contributed by atoms with Crippen LogP contribution < -0.4 is 29.2 Å². The Morgan fingerprint density at radius 3 is 2.47 bits per heavy atom. The molecule has 0 amide bonds. The average Bonchev–Trinajstić information content (AvgIpc) is 2.20. The maximum atomic E-state index is 6.02. The number of nitrogens with zero attached hydrogens (tertiary/aromatic N) is 2. The van der Waals surface area contributed by atoms with E-state index in [1.807, 2.05) is 43.5 Å². The quantitative estimate of drug-likeness (QED) is 0.535. The molecule has 1 aliphatic rings. The largest absolute Gasteiger partial charge is 1.00 e. The number of guanidine groups is 2. The highest BCUT2D eigenvalue weighted by Crippen LogP contribution is 2.28. The van der Waals surface area contributed by atoms with Gasteiger partial charge in [0.2, 0.25) is 0 Å². The van der Waals surface area contributed by atoms with E-state index >= 15 is 0 Å². The van der Waals surface area contributed by atoms with Gasteiger partial charge in [0, 0.05) is 4.47 Å². The molecule has 0 aromatic heterocycles. The number of halogens is 2. The summed E-state index contributed by atoms with van der Waals surface area (Å²) in [5, 5.41) is 2.85. The first-order valence-corrected chi connectivity index (χ1v) is 6.42. The molecular weight excluding hydrogens is 330 g/mol. The maximum absolute atomic E-state index is 6.02. The molecule has 1 aromatic carbocycles. The van der Waals surface area contributed by atoms with E-state index < -0.39 is 5.66 Å². The second kappa shape index (κ2) is 5.38. The van der Waals surface area contributed by atoms with Gasteiger partial charge in [0.15, 0.2) is 5.66 Å². The first-order chi connectivity index (χ1) is 8.31. The predicted octanol–water partition coefficient (Wildman–Crippen LogP) is -1.63. The summed E-state index contributed by atoms with van der Waals surface area (Å²) in [6.07, 6.45) is 0. The van der Waals surface area contributed by atoms with Crippen molar-refractivity contribution in [1.82, 2.24) is 5.32 Å². The Morgan fingerprint density at radius 1 is 1.32 bits per heavy atom. The molecule has 2 rings (SSSR count). The van der Waals surface area contributed by atoms with Crippen LogP contribution in [-0.2, 0) is 0 Å². The van der Waals surface area contributed by atoms with E-state index in [2.05, 4.69) is 26.2 Å². The Kier molecular flexibility index (Phi) is 4.47. The van der Waals surface area contributed by atoms with Crippen molar-refractivity contribution in [3.63, 3.8) is 0 Å². The van der Waals surface area contributed by atoms with Crippen molar-refractivity contribution in [1.29, 1.82) is 0 Å². The molecular formula is C12H17BrClN5. The highest BCUT2D eigenvalue weighted by molar-refractivity contribution is 9.10. The number of hydrogen-bond donors (Lipinski definition) is 3. The molecule has 0 fully saturated rings. The minimum atomic E-state index is -0.520. The molecule has 0 saturated heterocycles. The molecule has 0 bridgehead atoms. The molecule has 5 N–H and O–H groups in total. The highest BCUT2D eigenvalue weighted by atomic mass is 79.9. The predicted molar refractivity (Wildman–Crippen MR) is 76.8 cm³/mol. The molecule has 0 unspecified atom stereocenters. The third-order valence-electron chi connectivity index (χ3n) is 2.85. The van der Waals surface area contributed by atoms with Gasteiger partial charge in [0.25, 0.3) is 5.96 Å². The minimum absolute atomic E-state index is 0. The van der Waals surface area contributed by atoms with Crippen LogP contribution in [0.1, 0.15) is 19.4 Å². The van der Waals surface area contributed by atoms with E-state index in [9.17, 15) is 0 Å². The van der Waals surface area contributed by atoms with E-state index in [1.165, 1.54) is 5.56 Å². The van der Waals surface area contributed by atoms with Gasteiger partial charge in [-0.1, -0.05) is 22.0 Å². The van der Waals surface area contributed by atoms with Gasteiger partial charge >= 0.3 is 5.96 Å². The van der Waals surface area contributed by atoms with Crippen molar-refractivity contribution in [3.8, 4) is 0 Å². The van der Waals surface area contributed by atoms with Crippen molar-refractivity contribution in [3.05, 3.63) is 28.2 Å². The lowest BCUT2D eigenvalue weighted by Gasteiger charge is -2.28. The topological polar surface area (TPSA) is 79.4 Å². The maximum Gasteiger partial charge on any atom is 0.357 e. The number of nitrogens with two attached hydrogens (primary N) is 2. The summed E-state index contributed by atoms with van der Waals surface area (Å²) in [5.41, 5.74) is 13.3. The van der Waals surface area contributed by atoms with Crippen molar-refractivity contribution >= 4 is 33.5 Å². The Labute approximate surface area is 127 Å². The summed E-state index contributed by atoms with van der Waals surface area (Å²) in [4.78, 5) is 4.37. The summed E-state index contributed by atoms with van der Waals surface area (Å²) in [5.74, 6) is 0.809. The van der Waals surface area contributed by atoms with Crippen LogP contribution in [0.25, 0.3) is 0 Å². The number of benzene rings is 1. The number of aryl methyl sites for hydroxylation is 1. The molecule has 19 heavy (non-hydrogen) atoms. The van der Waals surface area contributed by atoms with Crippen LogP contribution in [0.15, 0.2) is 27.7 Å². The van der Waals surface area contributed by atoms with Crippen LogP contribution in [-0.4, -0.2) is 22.2 Å². The molecule has 1 aromatic rings. The van der Waals surface area contributed by atoms with Gasteiger partial charge in [-0.05, 0) is 38.5 Å². The first kappa shape index (κ1) is 15.8. The number of aliphatic imine (C=N–C) groups is 1. The van der Waals surface area contributed by atoms with Gasteiger partial charge in [-0.15, -0.1) is 0 Å². The number of hydrogen-bond acceptors (Lipinski definition) is 4. The van der Waals surface area contributed by atoms with Crippen molar-refractivity contribution < 1.29 is 17.0 Å². The van der Waals surface area contributed by atoms with E-state index in [-0.39, 0.29) is 12.4 Å². The van der Waals surface area contributed by atoms with Gasteiger partial charge in [0.1, 0.15) is 5.69 Å². The Hall–Kier alpha value is -1.27. The average molecular weight is 347 g/mol. The summed E-state index contributed by atoms with van der Waals surface area (Å²) in [6, 6.07) is 6.06. The minimum Gasteiger partial charge on any atom is -1.00 e. The van der Waals surface area contributed by atoms with Gasteiger partial charge in [-0.25, -0.2) is 9.89 Å². The van der Waals surface area contributed by atoms with Gasteiger partial charge in [-0.2, -0.15) is 4.99 Å². The van der Waals surface area contributed by atoms with E-state index in [0.29, 0.717) is 11.9 Å². The van der Waals surface area contributed by atoms with Gasteiger partial charge in [0.05, 0.1) is 0 Å². The zero-order chi connectivity index (χ0) is 13.5. The van der Waals surface area contributed by atoms with Crippen LogP contribution >= 0.6 is 15.9 Å². The first-order valence-electron chi connectivity index (χ1n) is 5.62. The second-order valence-corrected chi connectivity index (χ2v) is 5.62. The Morgan fingerprint density at radius 2 is 1.95 bits per heavy atom. The smallest absolute Gasteiger partial charge is 0.357 e. The lowest BCUT2D eigenvalue weighted by atomic mass is 10.1. The molecule has 0 atom stereocenters. The molecule has 5 nitrogen and oxygen atoms in total. The summed E-state index contributed by atoms with van der Waals surface area (Å²) in [7, 11) is 0. The standard InChI is InChI=1S/C12H16BrN5.ClH/c1-7-4-5-8(6-9(7)13)18-11(15)16-10(14)17-12(18,2)3;/h4-6H,1-3H3,(H4,14,15,16,17);1H. The summed E-state index contributed by atoms with van der Waals surface area (Å²) < 4.78 is 2.94. The SMILES string of the molecule is Cc1ccc([N+]2=C(N)NC(N)=NC2(C)C)cc1Br.[Cl-].